The van der Waals surface area contributed by atoms with Crippen LogP contribution in [0.5, 0.6) is 5.75 Å². The lowest BCUT2D eigenvalue weighted by Crippen LogP contribution is -2.22. The summed E-state index contributed by atoms with van der Waals surface area (Å²) in [7, 11) is 0. The maximum atomic E-state index is 14.9. The van der Waals surface area contributed by atoms with Gasteiger partial charge < -0.3 is 10.8 Å². The molecule has 3 N–H and O–H groups in total. The van der Waals surface area contributed by atoms with Crippen LogP contribution in [0.3, 0.4) is 0 Å². The molecule has 0 radical (unpaired) electrons. The van der Waals surface area contributed by atoms with E-state index in [1.807, 2.05) is 6.92 Å². The molecule has 0 saturated carbocycles. The van der Waals surface area contributed by atoms with Crippen LogP contribution >= 0.6 is 23.2 Å². The summed E-state index contributed by atoms with van der Waals surface area (Å²) in [5, 5.41) is 10.4. The number of phenolic OH excluding ortho intramolecular Hbond substituents is 1. The van der Waals surface area contributed by atoms with Crippen LogP contribution < -0.4 is 5.73 Å². The molecule has 5 nitrogen and oxygen atoms in total. The molecule has 2 aromatic carbocycles. The molecular weight excluding hydrogens is 418 g/mol. The zero-order valence-corrected chi connectivity index (χ0v) is 17.3. The fourth-order valence-electron chi connectivity index (χ4n) is 3.64. The summed E-state index contributed by atoms with van der Waals surface area (Å²) in [6.45, 7) is 3.49. The number of rotatable bonds is 5. The van der Waals surface area contributed by atoms with Crippen molar-refractivity contribution in [1.82, 2.24) is 4.57 Å². The summed E-state index contributed by atoms with van der Waals surface area (Å²) >= 11 is 12.0. The quantitative estimate of drug-likeness (QED) is 0.578. The van der Waals surface area contributed by atoms with Gasteiger partial charge in [-0.2, -0.15) is 0 Å². The smallest absolute Gasteiger partial charge is 0.262 e. The van der Waals surface area contributed by atoms with E-state index in [1.54, 1.807) is 6.92 Å². The van der Waals surface area contributed by atoms with Crippen LogP contribution in [0.25, 0.3) is 10.9 Å². The molecule has 152 valence electrons. The highest BCUT2D eigenvalue weighted by Gasteiger charge is 2.30. The number of fused-ring (bicyclic) bond motifs is 1. The highest BCUT2D eigenvalue weighted by molar-refractivity contribution is 6.42. The highest BCUT2D eigenvalue weighted by Crippen LogP contribution is 2.39. The Morgan fingerprint density at radius 2 is 1.90 bits per heavy atom. The summed E-state index contributed by atoms with van der Waals surface area (Å²) in [6, 6.07) is 7.03. The lowest BCUT2D eigenvalue weighted by atomic mass is 9.91. The van der Waals surface area contributed by atoms with Crippen LogP contribution in [0.2, 0.25) is 10.0 Å². The van der Waals surface area contributed by atoms with Gasteiger partial charge in [0, 0.05) is 16.6 Å². The van der Waals surface area contributed by atoms with Gasteiger partial charge in [-0.1, -0.05) is 36.5 Å². The molecule has 0 spiro atoms. The van der Waals surface area contributed by atoms with E-state index in [-0.39, 0.29) is 21.5 Å². The monoisotopic (exact) mass is 436 g/mol. The Labute approximate surface area is 176 Å². The predicted molar refractivity (Wildman–Crippen MR) is 111 cm³/mol. The topological polar surface area (TPSA) is 85.3 Å². The molecule has 1 amide bonds. The molecule has 0 bridgehead atoms. The van der Waals surface area contributed by atoms with E-state index < -0.39 is 29.3 Å². The van der Waals surface area contributed by atoms with E-state index >= 15 is 0 Å². The van der Waals surface area contributed by atoms with Crippen LogP contribution in [-0.4, -0.2) is 21.5 Å². The van der Waals surface area contributed by atoms with Crippen LogP contribution in [0.4, 0.5) is 4.39 Å². The Bertz CT molecular complexity index is 1140. The third-order valence-corrected chi connectivity index (χ3v) is 5.71. The molecule has 3 rings (SSSR count). The van der Waals surface area contributed by atoms with Crippen molar-refractivity contribution in [1.29, 1.82) is 0 Å². The molecule has 29 heavy (non-hydrogen) atoms. The van der Waals surface area contributed by atoms with Crippen molar-refractivity contribution >= 4 is 45.9 Å². The molecule has 8 heteroatoms. The number of benzene rings is 2. The van der Waals surface area contributed by atoms with Crippen molar-refractivity contribution in [3.63, 3.8) is 0 Å². The molecule has 0 aliphatic carbocycles. The van der Waals surface area contributed by atoms with Gasteiger partial charge in [0.2, 0.25) is 5.91 Å². The zero-order valence-electron chi connectivity index (χ0n) is 15.8. The number of primary amides is 1. The van der Waals surface area contributed by atoms with E-state index in [4.69, 9.17) is 28.9 Å². The lowest BCUT2D eigenvalue weighted by molar-refractivity contribution is -0.119. The van der Waals surface area contributed by atoms with Crippen LogP contribution in [0, 0.1) is 12.7 Å². The van der Waals surface area contributed by atoms with Crippen molar-refractivity contribution in [2.24, 2.45) is 5.73 Å². The summed E-state index contributed by atoms with van der Waals surface area (Å²) in [5.74, 6) is -3.37. The van der Waals surface area contributed by atoms with E-state index in [0.29, 0.717) is 29.1 Å². The van der Waals surface area contributed by atoms with Crippen molar-refractivity contribution in [2.75, 3.05) is 0 Å². The lowest BCUT2D eigenvalue weighted by Gasteiger charge is -2.14. The second kappa shape index (κ2) is 8.05. The second-order valence-corrected chi connectivity index (χ2v) is 7.62. The van der Waals surface area contributed by atoms with Crippen molar-refractivity contribution in [2.45, 2.75) is 32.6 Å². The molecule has 0 aliphatic rings. The van der Waals surface area contributed by atoms with Gasteiger partial charge in [0.05, 0.1) is 21.5 Å². The maximum Gasteiger partial charge on any atom is 0.262 e. The first-order chi connectivity index (χ1) is 13.7. The fraction of sp³-hybridized carbons (Fsp3) is 0.238. The molecular formula is C21H19Cl2FN2O3. The average molecular weight is 437 g/mol. The largest absolute Gasteiger partial charge is 0.505 e. The normalized spacial score (nSPS) is 12.3. The van der Waals surface area contributed by atoms with Crippen LogP contribution in [0.1, 0.15) is 47.3 Å². The maximum absolute atomic E-state index is 14.9. The molecule has 3 aromatic rings. The number of hydrogen-bond donors (Lipinski definition) is 2. The number of nitrogens with zero attached hydrogens (tertiary/aromatic N) is 1. The van der Waals surface area contributed by atoms with E-state index in [0.717, 1.165) is 0 Å². The minimum atomic E-state index is -0.899. The van der Waals surface area contributed by atoms with Gasteiger partial charge >= 0.3 is 0 Å². The SMILES string of the molecule is CCCC(C(N)=O)c1c(C)n(C(=O)c2ccc(Cl)c(Cl)c2)c2ccc(O)c(F)c12. The number of aromatic hydroxyl groups is 1. The zero-order chi connectivity index (χ0) is 21.5. The standard InChI is InChI=1S/C21H19Cl2FN2O3/c1-3-4-12(20(25)28)17-10(2)26(15-7-8-16(27)19(24)18(15)17)21(29)11-5-6-13(22)14(23)9-11/h5-9,12,27H,3-4H2,1-2H3,(H2,25,28). The van der Waals surface area contributed by atoms with Crippen molar-refractivity contribution in [3.05, 3.63) is 63.0 Å². The number of carbonyl (C=O) groups excluding carboxylic acids is 2. The highest BCUT2D eigenvalue weighted by atomic mass is 35.5. The summed E-state index contributed by atoms with van der Waals surface area (Å²) in [5.41, 5.74) is 6.73. The van der Waals surface area contributed by atoms with Gasteiger partial charge in [-0.25, -0.2) is 4.39 Å². The van der Waals surface area contributed by atoms with Crippen LogP contribution in [-0.2, 0) is 4.79 Å². The summed E-state index contributed by atoms with van der Waals surface area (Å²) < 4.78 is 16.2. The first kappa shape index (κ1) is 21.1. The predicted octanol–water partition coefficient (Wildman–Crippen LogP) is 5.16. The van der Waals surface area contributed by atoms with E-state index in [1.165, 1.54) is 34.9 Å². The van der Waals surface area contributed by atoms with Gasteiger partial charge in [0.15, 0.2) is 11.6 Å². The number of nitrogens with two attached hydrogens (primary N) is 1. The van der Waals surface area contributed by atoms with E-state index in [9.17, 15) is 19.1 Å². The summed E-state index contributed by atoms with van der Waals surface area (Å²) in [6.07, 6.45) is 1.01. The Morgan fingerprint density at radius 1 is 1.21 bits per heavy atom. The average Bonchev–Trinajstić information content (AvgIpc) is 2.96. The molecule has 0 saturated heterocycles. The van der Waals surface area contributed by atoms with Gasteiger partial charge in [-0.05, 0) is 49.2 Å². The van der Waals surface area contributed by atoms with Crippen molar-refractivity contribution < 1.29 is 19.1 Å². The first-order valence-electron chi connectivity index (χ1n) is 9.00. The molecule has 1 atom stereocenters. The third kappa shape index (κ3) is 3.58. The van der Waals surface area contributed by atoms with Gasteiger partial charge in [0.25, 0.3) is 5.91 Å². The molecule has 0 aliphatic heterocycles. The minimum Gasteiger partial charge on any atom is -0.505 e. The van der Waals surface area contributed by atoms with Gasteiger partial charge in [-0.15, -0.1) is 0 Å². The first-order valence-corrected chi connectivity index (χ1v) is 9.76. The van der Waals surface area contributed by atoms with E-state index in [2.05, 4.69) is 0 Å². The number of carbonyl (C=O) groups is 2. The van der Waals surface area contributed by atoms with Crippen molar-refractivity contribution in [3.8, 4) is 5.75 Å². The number of hydrogen-bond acceptors (Lipinski definition) is 3. The molecule has 1 aromatic heterocycles. The Kier molecular flexibility index (Phi) is 5.87. The van der Waals surface area contributed by atoms with Gasteiger partial charge in [-0.3, -0.25) is 14.2 Å². The van der Waals surface area contributed by atoms with Crippen LogP contribution in [0.15, 0.2) is 30.3 Å². The molecule has 1 heterocycles. The Morgan fingerprint density at radius 3 is 2.48 bits per heavy atom. The van der Waals surface area contributed by atoms with Gasteiger partial charge in [0.1, 0.15) is 0 Å². The number of halogens is 3. The number of amides is 1. The Hall–Kier alpha value is -2.57. The number of phenols is 1. The number of aromatic nitrogens is 1. The summed E-state index contributed by atoms with van der Waals surface area (Å²) in [4.78, 5) is 25.4. The minimum absolute atomic E-state index is 0.00756. The Balaban J connectivity index is 2.35. The third-order valence-electron chi connectivity index (χ3n) is 4.97. The molecule has 0 fully saturated rings. The second-order valence-electron chi connectivity index (χ2n) is 6.80. The fourth-order valence-corrected chi connectivity index (χ4v) is 3.94. The molecule has 1 unspecified atom stereocenters.